The Balaban J connectivity index is 1.80. The third kappa shape index (κ3) is 4.61. The predicted molar refractivity (Wildman–Crippen MR) is 85.9 cm³/mol. The van der Waals surface area contributed by atoms with E-state index >= 15 is 0 Å². The summed E-state index contributed by atoms with van der Waals surface area (Å²) >= 11 is 5.92. The van der Waals surface area contributed by atoms with Gasteiger partial charge in [0.1, 0.15) is 0 Å². The molecule has 1 aliphatic heterocycles. The Morgan fingerprint density at radius 1 is 1.24 bits per heavy atom. The van der Waals surface area contributed by atoms with Gasteiger partial charge in [0.2, 0.25) is 0 Å². The van der Waals surface area contributed by atoms with Crippen LogP contribution in [0, 0.1) is 5.92 Å². The van der Waals surface area contributed by atoms with Crippen molar-refractivity contribution in [1.82, 2.24) is 4.90 Å². The zero-order valence-corrected chi connectivity index (χ0v) is 13.5. The minimum absolute atomic E-state index is 0.0629. The van der Waals surface area contributed by atoms with E-state index in [2.05, 4.69) is 21.9 Å². The Labute approximate surface area is 131 Å². The largest absolute Gasteiger partial charge is 0.466 e. The number of carbonyl (C=O) groups is 1. The first-order chi connectivity index (χ1) is 10.1. The summed E-state index contributed by atoms with van der Waals surface area (Å²) in [5.41, 5.74) is 1.21. The predicted octanol–water partition coefficient (Wildman–Crippen LogP) is 2.66. The van der Waals surface area contributed by atoms with Crippen LogP contribution in [0.1, 0.15) is 13.8 Å². The Bertz CT molecular complexity index is 456. The van der Waals surface area contributed by atoms with Gasteiger partial charge in [0.05, 0.1) is 12.5 Å². The minimum atomic E-state index is -0.0994. The van der Waals surface area contributed by atoms with E-state index in [0.717, 1.165) is 37.7 Å². The molecule has 1 saturated heterocycles. The van der Waals surface area contributed by atoms with Crippen LogP contribution < -0.4 is 4.90 Å². The molecule has 5 heteroatoms. The van der Waals surface area contributed by atoms with Crippen LogP contribution in [0.25, 0.3) is 0 Å². The molecule has 2 rings (SSSR count). The van der Waals surface area contributed by atoms with Gasteiger partial charge in [-0.2, -0.15) is 0 Å². The van der Waals surface area contributed by atoms with Crippen LogP contribution in [-0.2, 0) is 9.53 Å². The fourth-order valence-corrected chi connectivity index (χ4v) is 2.71. The molecular formula is C16H23ClN2O2. The fraction of sp³-hybridized carbons (Fsp3) is 0.562. The lowest BCUT2D eigenvalue weighted by Gasteiger charge is -2.36. The molecule has 0 saturated carbocycles. The van der Waals surface area contributed by atoms with Crippen molar-refractivity contribution in [3.8, 4) is 0 Å². The minimum Gasteiger partial charge on any atom is -0.466 e. The number of esters is 1. The molecule has 0 bridgehead atoms. The lowest BCUT2D eigenvalue weighted by atomic mass is 10.1. The van der Waals surface area contributed by atoms with Crippen molar-refractivity contribution in [3.05, 3.63) is 29.3 Å². The van der Waals surface area contributed by atoms with Crippen molar-refractivity contribution in [2.24, 2.45) is 5.92 Å². The highest BCUT2D eigenvalue weighted by molar-refractivity contribution is 6.30. The lowest BCUT2D eigenvalue weighted by Crippen LogP contribution is -2.48. The van der Waals surface area contributed by atoms with Crippen molar-refractivity contribution >= 4 is 23.3 Å². The second-order valence-electron chi connectivity index (χ2n) is 5.42. The average Bonchev–Trinajstić information content (AvgIpc) is 2.49. The van der Waals surface area contributed by atoms with Crippen LogP contribution in [0.2, 0.25) is 5.02 Å². The van der Waals surface area contributed by atoms with Gasteiger partial charge in [-0.05, 0) is 31.2 Å². The first kappa shape index (κ1) is 16.1. The van der Waals surface area contributed by atoms with Crippen molar-refractivity contribution < 1.29 is 9.53 Å². The highest BCUT2D eigenvalue weighted by Gasteiger charge is 2.22. The Hall–Kier alpha value is -1.26. The number of ether oxygens (including phenoxy) is 1. The monoisotopic (exact) mass is 310 g/mol. The molecular weight excluding hydrogens is 288 g/mol. The summed E-state index contributed by atoms with van der Waals surface area (Å²) in [6.07, 6.45) is 0. The molecule has 1 aliphatic rings. The molecule has 116 valence electrons. The van der Waals surface area contributed by atoms with E-state index in [0.29, 0.717) is 6.61 Å². The first-order valence-electron chi connectivity index (χ1n) is 7.49. The summed E-state index contributed by atoms with van der Waals surface area (Å²) in [5, 5.41) is 0.764. The van der Waals surface area contributed by atoms with Gasteiger partial charge in [0, 0.05) is 43.4 Å². The number of hydrogen-bond donors (Lipinski definition) is 0. The molecule has 0 radical (unpaired) electrons. The van der Waals surface area contributed by atoms with Gasteiger partial charge < -0.3 is 9.64 Å². The molecule has 0 aromatic heterocycles. The molecule has 0 aliphatic carbocycles. The van der Waals surface area contributed by atoms with Crippen LogP contribution in [0.5, 0.6) is 0 Å². The van der Waals surface area contributed by atoms with Crippen LogP contribution in [0.15, 0.2) is 24.3 Å². The summed E-state index contributed by atoms with van der Waals surface area (Å²) in [5.74, 6) is -0.162. The number of nitrogens with zero attached hydrogens (tertiary/aromatic N) is 2. The van der Waals surface area contributed by atoms with Gasteiger partial charge in [0.15, 0.2) is 0 Å². The summed E-state index contributed by atoms with van der Waals surface area (Å²) < 4.78 is 5.06. The molecule has 1 aromatic rings. The molecule has 1 aromatic carbocycles. The SMILES string of the molecule is CCOC(=O)C(C)CN1CCN(c2ccc(Cl)cc2)CC1. The van der Waals surface area contributed by atoms with Gasteiger partial charge in [-0.1, -0.05) is 18.5 Å². The van der Waals surface area contributed by atoms with E-state index in [4.69, 9.17) is 16.3 Å². The van der Waals surface area contributed by atoms with Gasteiger partial charge in [0.25, 0.3) is 0 Å². The van der Waals surface area contributed by atoms with Gasteiger partial charge in [-0.15, -0.1) is 0 Å². The molecule has 1 heterocycles. The molecule has 0 N–H and O–H groups in total. The highest BCUT2D eigenvalue weighted by Crippen LogP contribution is 2.19. The summed E-state index contributed by atoms with van der Waals surface area (Å²) in [4.78, 5) is 16.3. The number of rotatable bonds is 5. The molecule has 4 nitrogen and oxygen atoms in total. The number of carbonyl (C=O) groups excluding carboxylic acids is 1. The van der Waals surface area contributed by atoms with Crippen molar-refractivity contribution in [1.29, 1.82) is 0 Å². The van der Waals surface area contributed by atoms with E-state index < -0.39 is 0 Å². The second-order valence-corrected chi connectivity index (χ2v) is 5.85. The molecule has 21 heavy (non-hydrogen) atoms. The summed E-state index contributed by atoms with van der Waals surface area (Å²) in [6, 6.07) is 7.96. The third-order valence-corrected chi connectivity index (χ3v) is 4.04. The highest BCUT2D eigenvalue weighted by atomic mass is 35.5. The normalized spacial score (nSPS) is 17.6. The van der Waals surface area contributed by atoms with Gasteiger partial charge in [-0.3, -0.25) is 9.69 Å². The van der Waals surface area contributed by atoms with Crippen molar-refractivity contribution in [2.75, 3.05) is 44.2 Å². The Morgan fingerprint density at radius 2 is 1.86 bits per heavy atom. The fourth-order valence-electron chi connectivity index (χ4n) is 2.59. The van der Waals surface area contributed by atoms with Crippen molar-refractivity contribution in [3.63, 3.8) is 0 Å². The van der Waals surface area contributed by atoms with Crippen molar-refractivity contribution in [2.45, 2.75) is 13.8 Å². The zero-order valence-electron chi connectivity index (χ0n) is 12.7. The maximum absolute atomic E-state index is 11.7. The number of anilines is 1. The standard InChI is InChI=1S/C16H23ClN2O2/c1-3-21-16(20)13(2)12-18-8-10-19(11-9-18)15-6-4-14(17)5-7-15/h4-7,13H,3,8-12H2,1-2H3. The summed E-state index contributed by atoms with van der Waals surface area (Å²) in [6.45, 7) is 8.87. The molecule has 0 amide bonds. The van der Waals surface area contributed by atoms with Crippen LogP contribution in [0.4, 0.5) is 5.69 Å². The second kappa shape index (κ2) is 7.66. The quantitative estimate of drug-likeness (QED) is 0.783. The molecule has 0 spiro atoms. The van der Waals surface area contributed by atoms with Crippen LogP contribution >= 0.6 is 11.6 Å². The van der Waals surface area contributed by atoms with E-state index in [1.54, 1.807) is 0 Å². The Morgan fingerprint density at radius 3 is 2.43 bits per heavy atom. The topological polar surface area (TPSA) is 32.8 Å². The van der Waals surface area contributed by atoms with Gasteiger partial charge in [-0.25, -0.2) is 0 Å². The molecule has 1 atom stereocenters. The molecule has 1 fully saturated rings. The molecule has 1 unspecified atom stereocenters. The van der Waals surface area contributed by atoms with E-state index in [9.17, 15) is 4.79 Å². The zero-order chi connectivity index (χ0) is 15.2. The smallest absolute Gasteiger partial charge is 0.309 e. The summed E-state index contributed by atoms with van der Waals surface area (Å²) in [7, 11) is 0. The van der Waals surface area contributed by atoms with E-state index in [1.807, 2.05) is 26.0 Å². The van der Waals surface area contributed by atoms with Crippen LogP contribution in [0.3, 0.4) is 0 Å². The maximum Gasteiger partial charge on any atom is 0.309 e. The number of hydrogen-bond acceptors (Lipinski definition) is 4. The first-order valence-corrected chi connectivity index (χ1v) is 7.87. The number of piperazine rings is 1. The number of halogens is 1. The maximum atomic E-state index is 11.7. The van der Waals surface area contributed by atoms with Crippen LogP contribution in [-0.4, -0.2) is 50.2 Å². The Kier molecular flexibility index (Phi) is 5.88. The van der Waals surface area contributed by atoms with E-state index in [-0.39, 0.29) is 11.9 Å². The van der Waals surface area contributed by atoms with Gasteiger partial charge >= 0.3 is 5.97 Å². The lowest BCUT2D eigenvalue weighted by molar-refractivity contribution is -0.148. The average molecular weight is 311 g/mol. The van der Waals surface area contributed by atoms with E-state index in [1.165, 1.54) is 5.69 Å². The number of benzene rings is 1. The third-order valence-electron chi connectivity index (χ3n) is 3.79.